The van der Waals surface area contributed by atoms with Gasteiger partial charge in [0.15, 0.2) is 0 Å². The number of urea groups is 1. The number of carbonyl (C=O) groups is 1. The molecule has 25 heavy (non-hydrogen) atoms. The molecule has 1 atom stereocenters. The van der Waals surface area contributed by atoms with E-state index in [2.05, 4.69) is 50.2 Å². The van der Waals surface area contributed by atoms with Gasteiger partial charge in [0.2, 0.25) is 0 Å². The van der Waals surface area contributed by atoms with Crippen LogP contribution in [0.4, 0.5) is 4.79 Å². The molecular formula is C20H33N3O2. The molecule has 2 N–H and O–H groups in total. The molecular weight excluding hydrogens is 314 g/mol. The number of aryl methyl sites for hydroxylation is 3. The van der Waals surface area contributed by atoms with E-state index in [1.165, 1.54) is 22.3 Å². The molecule has 1 fully saturated rings. The average molecular weight is 348 g/mol. The van der Waals surface area contributed by atoms with Gasteiger partial charge in [0.25, 0.3) is 0 Å². The molecule has 1 unspecified atom stereocenters. The van der Waals surface area contributed by atoms with Crippen LogP contribution in [-0.4, -0.2) is 59.8 Å². The minimum absolute atomic E-state index is 0.0241. The molecule has 1 saturated heterocycles. The van der Waals surface area contributed by atoms with Crippen molar-refractivity contribution in [1.29, 1.82) is 0 Å². The van der Waals surface area contributed by atoms with Gasteiger partial charge in [-0.25, -0.2) is 4.79 Å². The molecule has 0 bridgehead atoms. The van der Waals surface area contributed by atoms with Crippen molar-refractivity contribution in [2.45, 2.75) is 59.2 Å². The van der Waals surface area contributed by atoms with Crippen LogP contribution in [0.3, 0.4) is 0 Å². The summed E-state index contributed by atoms with van der Waals surface area (Å²) in [5.41, 5.74) is 4.94. The van der Waals surface area contributed by atoms with Crippen molar-refractivity contribution >= 4 is 6.03 Å². The van der Waals surface area contributed by atoms with Gasteiger partial charge in [-0.2, -0.15) is 0 Å². The van der Waals surface area contributed by atoms with Crippen molar-refractivity contribution < 1.29 is 9.90 Å². The van der Waals surface area contributed by atoms with Gasteiger partial charge in [0, 0.05) is 32.2 Å². The number of hydrogen-bond donors (Lipinski definition) is 2. The van der Waals surface area contributed by atoms with Gasteiger partial charge in [-0.15, -0.1) is 0 Å². The third-order valence-electron chi connectivity index (χ3n) is 5.18. The molecule has 0 radical (unpaired) electrons. The SMILES string of the molecule is Cc1cc(C)c(CNC(=O)N2CCC(N(C)CC(C)O)CC2)c(C)c1. The summed E-state index contributed by atoms with van der Waals surface area (Å²) < 4.78 is 0. The maximum absolute atomic E-state index is 12.5. The molecule has 140 valence electrons. The Morgan fingerprint density at radius 2 is 1.84 bits per heavy atom. The second kappa shape index (κ2) is 8.68. The zero-order valence-corrected chi connectivity index (χ0v) is 16.3. The fourth-order valence-corrected chi connectivity index (χ4v) is 3.84. The quantitative estimate of drug-likeness (QED) is 0.861. The van der Waals surface area contributed by atoms with Crippen LogP contribution < -0.4 is 5.32 Å². The third kappa shape index (κ3) is 5.44. The Hall–Kier alpha value is -1.59. The number of piperidine rings is 1. The highest BCUT2D eigenvalue weighted by Gasteiger charge is 2.25. The summed E-state index contributed by atoms with van der Waals surface area (Å²) in [7, 11) is 2.05. The number of aliphatic hydroxyl groups excluding tert-OH is 1. The molecule has 1 aliphatic heterocycles. The summed E-state index contributed by atoms with van der Waals surface area (Å²) >= 11 is 0. The first kappa shape index (κ1) is 19.7. The van der Waals surface area contributed by atoms with Gasteiger partial charge >= 0.3 is 6.03 Å². The number of nitrogens with zero attached hydrogens (tertiary/aromatic N) is 2. The van der Waals surface area contributed by atoms with E-state index in [-0.39, 0.29) is 12.1 Å². The van der Waals surface area contributed by atoms with Gasteiger partial charge in [0.1, 0.15) is 0 Å². The molecule has 2 rings (SSSR count). The lowest BCUT2D eigenvalue weighted by Gasteiger charge is -2.37. The number of rotatable bonds is 5. The molecule has 2 amide bonds. The highest BCUT2D eigenvalue weighted by atomic mass is 16.3. The van der Waals surface area contributed by atoms with Crippen molar-refractivity contribution in [2.75, 3.05) is 26.7 Å². The monoisotopic (exact) mass is 347 g/mol. The zero-order valence-electron chi connectivity index (χ0n) is 16.3. The van der Waals surface area contributed by atoms with Crippen molar-refractivity contribution in [3.8, 4) is 0 Å². The fraction of sp³-hybridized carbons (Fsp3) is 0.650. The summed E-state index contributed by atoms with van der Waals surface area (Å²) in [6.45, 7) is 10.9. The maximum atomic E-state index is 12.5. The Balaban J connectivity index is 1.83. The molecule has 0 spiro atoms. The second-order valence-corrected chi connectivity index (χ2v) is 7.54. The summed E-state index contributed by atoms with van der Waals surface area (Å²) in [5, 5.41) is 12.6. The van der Waals surface area contributed by atoms with E-state index >= 15 is 0 Å². The first-order chi connectivity index (χ1) is 11.8. The predicted molar refractivity (Wildman–Crippen MR) is 102 cm³/mol. The minimum Gasteiger partial charge on any atom is -0.392 e. The van der Waals surface area contributed by atoms with E-state index < -0.39 is 0 Å². The number of likely N-dealkylation sites (tertiary alicyclic amines) is 1. The smallest absolute Gasteiger partial charge is 0.317 e. The van der Waals surface area contributed by atoms with Gasteiger partial charge in [0.05, 0.1) is 6.10 Å². The molecule has 5 heteroatoms. The third-order valence-corrected chi connectivity index (χ3v) is 5.18. The molecule has 0 aliphatic carbocycles. The first-order valence-electron chi connectivity index (χ1n) is 9.25. The van der Waals surface area contributed by atoms with E-state index in [4.69, 9.17) is 0 Å². The van der Waals surface area contributed by atoms with Gasteiger partial charge in [-0.05, 0) is 64.3 Å². The van der Waals surface area contributed by atoms with Crippen molar-refractivity contribution in [1.82, 2.24) is 15.1 Å². The Kier molecular flexibility index (Phi) is 6.85. The molecule has 1 aromatic carbocycles. The lowest BCUT2D eigenvalue weighted by Crippen LogP contribution is -2.49. The van der Waals surface area contributed by atoms with Gasteiger partial charge in [-0.3, -0.25) is 0 Å². The average Bonchev–Trinajstić information content (AvgIpc) is 2.53. The van der Waals surface area contributed by atoms with Crippen LogP contribution in [0.5, 0.6) is 0 Å². The Bertz CT molecular complexity index is 570. The van der Waals surface area contributed by atoms with Crippen molar-refractivity contribution in [3.63, 3.8) is 0 Å². The molecule has 0 saturated carbocycles. The van der Waals surface area contributed by atoms with Crippen molar-refractivity contribution in [2.24, 2.45) is 0 Å². The molecule has 0 aromatic heterocycles. The summed E-state index contributed by atoms with van der Waals surface area (Å²) in [5.74, 6) is 0. The zero-order chi connectivity index (χ0) is 18.6. The predicted octanol–water partition coefficient (Wildman–Crippen LogP) is 2.60. The topological polar surface area (TPSA) is 55.8 Å². The van der Waals surface area contributed by atoms with Gasteiger partial charge < -0.3 is 20.2 Å². The number of carbonyl (C=O) groups excluding carboxylic acids is 1. The fourth-order valence-electron chi connectivity index (χ4n) is 3.84. The Morgan fingerprint density at radius 3 is 2.36 bits per heavy atom. The van der Waals surface area contributed by atoms with Crippen molar-refractivity contribution in [3.05, 3.63) is 34.4 Å². The molecule has 1 heterocycles. The van der Waals surface area contributed by atoms with E-state index in [1.807, 2.05) is 11.8 Å². The standard InChI is InChI=1S/C20H33N3O2/c1-14-10-15(2)19(16(3)11-14)12-21-20(25)23-8-6-18(7-9-23)22(5)13-17(4)24/h10-11,17-18,24H,6-9,12-13H2,1-5H3,(H,21,25). The lowest BCUT2D eigenvalue weighted by molar-refractivity contribution is 0.0874. The Morgan fingerprint density at radius 1 is 1.28 bits per heavy atom. The molecule has 1 aromatic rings. The van der Waals surface area contributed by atoms with Crippen LogP contribution in [0.15, 0.2) is 12.1 Å². The van der Waals surface area contributed by atoms with Crippen LogP contribution in [0.1, 0.15) is 42.0 Å². The number of benzene rings is 1. The van der Waals surface area contributed by atoms with Crippen LogP contribution >= 0.6 is 0 Å². The first-order valence-corrected chi connectivity index (χ1v) is 9.25. The van der Waals surface area contributed by atoms with Crippen LogP contribution in [0.2, 0.25) is 0 Å². The lowest BCUT2D eigenvalue weighted by atomic mass is 10.00. The number of hydrogen-bond acceptors (Lipinski definition) is 3. The van der Waals surface area contributed by atoms with Crippen LogP contribution in [-0.2, 0) is 6.54 Å². The Labute approximate surface area is 152 Å². The maximum Gasteiger partial charge on any atom is 0.317 e. The van der Waals surface area contributed by atoms with Crippen LogP contribution in [0, 0.1) is 20.8 Å². The summed E-state index contributed by atoms with van der Waals surface area (Å²) in [6, 6.07) is 4.80. The largest absolute Gasteiger partial charge is 0.392 e. The number of nitrogens with one attached hydrogen (secondary N) is 1. The number of likely N-dealkylation sites (N-methyl/N-ethyl adjacent to an activating group) is 1. The summed E-state index contributed by atoms with van der Waals surface area (Å²) in [4.78, 5) is 16.6. The number of aliphatic hydroxyl groups is 1. The van der Waals surface area contributed by atoms with E-state index in [1.54, 1.807) is 0 Å². The molecule has 5 nitrogen and oxygen atoms in total. The van der Waals surface area contributed by atoms with Gasteiger partial charge in [-0.1, -0.05) is 17.7 Å². The second-order valence-electron chi connectivity index (χ2n) is 7.54. The molecule has 1 aliphatic rings. The normalized spacial score (nSPS) is 17.0. The number of amides is 2. The minimum atomic E-state index is -0.313. The highest BCUT2D eigenvalue weighted by Crippen LogP contribution is 2.18. The van der Waals surface area contributed by atoms with E-state index in [9.17, 15) is 9.90 Å². The van der Waals surface area contributed by atoms with E-state index in [0.29, 0.717) is 19.1 Å². The highest BCUT2D eigenvalue weighted by molar-refractivity contribution is 5.74. The van der Waals surface area contributed by atoms with E-state index in [0.717, 1.165) is 25.9 Å². The van der Waals surface area contributed by atoms with Crippen LogP contribution in [0.25, 0.3) is 0 Å². The summed E-state index contributed by atoms with van der Waals surface area (Å²) in [6.07, 6.45) is 1.60.